The van der Waals surface area contributed by atoms with Crippen LogP contribution in [0.2, 0.25) is 0 Å². The summed E-state index contributed by atoms with van der Waals surface area (Å²) in [7, 11) is 1.59. The summed E-state index contributed by atoms with van der Waals surface area (Å²) in [6, 6.07) is 10.7. The summed E-state index contributed by atoms with van der Waals surface area (Å²) in [6.45, 7) is 3.99. The quantitative estimate of drug-likeness (QED) is 0.829. The topological polar surface area (TPSA) is 80.8 Å². The Morgan fingerprint density at radius 1 is 1.31 bits per heavy atom. The average molecular weight is 355 g/mol. The van der Waals surface area contributed by atoms with Gasteiger partial charge in [0, 0.05) is 19.3 Å². The van der Waals surface area contributed by atoms with Crippen LogP contribution in [-0.4, -0.2) is 36.1 Å². The fourth-order valence-electron chi connectivity index (χ4n) is 2.81. The van der Waals surface area contributed by atoms with Crippen LogP contribution >= 0.6 is 0 Å². The van der Waals surface area contributed by atoms with Gasteiger partial charge < -0.3 is 14.8 Å². The first-order chi connectivity index (χ1) is 12.5. The van der Waals surface area contributed by atoms with E-state index in [-0.39, 0.29) is 6.54 Å². The molecule has 0 radical (unpaired) electrons. The number of hydrogen-bond donors (Lipinski definition) is 1. The fraction of sp³-hybridized carbons (Fsp3) is 0.316. The number of benzene rings is 1. The molecule has 0 bridgehead atoms. The zero-order chi connectivity index (χ0) is 18.7. The van der Waals surface area contributed by atoms with E-state index in [0.717, 1.165) is 11.3 Å². The van der Waals surface area contributed by atoms with Crippen molar-refractivity contribution in [2.24, 2.45) is 0 Å². The van der Waals surface area contributed by atoms with Crippen molar-refractivity contribution in [3.05, 3.63) is 48.2 Å². The number of methoxy groups -OCH3 is 1. The normalized spacial score (nSPS) is 18.7. The van der Waals surface area contributed by atoms with Crippen molar-refractivity contribution in [1.82, 2.24) is 10.3 Å². The molecule has 2 heterocycles. The Labute approximate surface area is 151 Å². The van der Waals surface area contributed by atoms with Gasteiger partial charge in [0.2, 0.25) is 0 Å². The molecule has 2 aromatic rings. The predicted molar refractivity (Wildman–Crippen MR) is 96.1 cm³/mol. The minimum absolute atomic E-state index is 0.279. The molecule has 1 unspecified atom stereocenters. The summed E-state index contributed by atoms with van der Waals surface area (Å²) in [5.74, 6) is 0.654. The molecule has 1 aliphatic rings. The van der Waals surface area contributed by atoms with Crippen LogP contribution in [0.5, 0.6) is 11.5 Å². The predicted octanol–water partition coefficient (Wildman–Crippen LogP) is 1.91. The Balaban J connectivity index is 1.78. The van der Waals surface area contributed by atoms with Crippen LogP contribution in [0.3, 0.4) is 0 Å². The third kappa shape index (κ3) is 3.08. The number of anilines is 1. The standard InChI is InChI=1S/C19H21N3O4/c1-4-22-16-15(6-5-11-20-16)26-19(2,18(22)24)17(23)21-12-13-7-9-14(25-3)10-8-13/h5-11H,4,12H2,1-3H3,(H,21,23). The molecule has 0 aliphatic carbocycles. The molecule has 0 spiro atoms. The number of ether oxygens (including phenoxy) is 2. The summed E-state index contributed by atoms with van der Waals surface area (Å²) >= 11 is 0. The number of likely N-dealkylation sites (N-methyl/N-ethyl adjacent to an activating group) is 1. The minimum Gasteiger partial charge on any atom is -0.497 e. The molecule has 1 N–H and O–H groups in total. The van der Waals surface area contributed by atoms with Crippen LogP contribution in [0.4, 0.5) is 5.82 Å². The van der Waals surface area contributed by atoms with Gasteiger partial charge in [-0.25, -0.2) is 4.98 Å². The van der Waals surface area contributed by atoms with Gasteiger partial charge in [0.1, 0.15) is 5.75 Å². The maximum Gasteiger partial charge on any atom is 0.282 e. The van der Waals surface area contributed by atoms with Gasteiger partial charge in [0.15, 0.2) is 11.6 Å². The van der Waals surface area contributed by atoms with Crippen LogP contribution in [-0.2, 0) is 16.1 Å². The van der Waals surface area contributed by atoms with Gasteiger partial charge >= 0.3 is 0 Å². The SMILES string of the molecule is CCN1C(=O)C(C)(C(=O)NCc2ccc(OC)cc2)Oc2cccnc21. The molecule has 26 heavy (non-hydrogen) atoms. The maximum absolute atomic E-state index is 12.9. The second-order valence-corrected chi connectivity index (χ2v) is 6.04. The van der Waals surface area contributed by atoms with Crippen molar-refractivity contribution in [3.8, 4) is 11.5 Å². The summed E-state index contributed by atoms with van der Waals surface area (Å²) in [5, 5.41) is 2.78. The van der Waals surface area contributed by atoms with Crippen LogP contribution in [0.1, 0.15) is 19.4 Å². The lowest BCUT2D eigenvalue weighted by atomic mass is 10.0. The Bertz CT molecular complexity index is 822. The van der Waals surface area contributed by atoms with Crippen molar-refractivity contribution < 1.29 is 19.1 Å². The highest BCUT2D eigenvalue weighted by molar-refractivity contribution is 6.16. The summed E-state index contributed by atoms with van der Waals surface area (Å²) in [5.41, 5.74) is -0.751. The number of hydrogen-bond acceptors (Lipinski definition) is 5. The molecule has 1 aromatic heterocycles. The van der Waals surface area contributed by atoms with Crippen molar-refractivity contribution in [2.45, 2.75) is 26.0 Å². The fourth-order valence-corrected chi connectivity index (χ4v) is 2.81. The number of aromatic nitrogens is 1. The minimum atomic E-state index is -1.64. The van der Waals surface area contributed by atoms with Crippen molar-refractivity contribution in [2.75, 3.05) is 18.6 Å². The van der Waals surface area contributed by atoms with Crippen molar-refractivity contribution in [1.29, 1.82) is 0 Å². The van der Waals surface area contributed by atoms with Crippen molar-refractivity contribution in [3.63, 3.8) is 0 Å². The van der Waals surface area contributed by atoms with E-state index in [1.807, 2.05) is 31.2 Å². The van der Waals surface area contributed by atoms with Gasteiger partial charge in [-0.3, -0.25) is 14.5 Å². The molecular weight excluding hydrogens is 334 g/mol. The largest absolute Gasteiger partial charge is 0.497 e. The van der Waals surface area contributed by atoms with E-state index in [1.54, 1.807) is 25.4 Å². The molecule has 1 aliphatic heterocycles. The van der Waals surface area contributed by atoms with E-state index >= 15 is 0 Å². The van der Waals surface area contributed by atoms with Gasteiger partial charge in [0.25, 0.3) is 17.4 Å². The Kier molecular flexibility index (Phi) is 4.79. The molecule has 1 aromatic carbocycles. The van der Waals surface area contributed by atoms with E-state index in [0.29, 0.717) is 18.1 Å². The molecule has 0 saturated carbocycles. The van der Waals surface area contributed by atoms with Gasteiger partial charge in [-0.05, 0) is 43.7 Å². The maximum atomic E-state index is 12.9. The third-order valence-corrected chi connectivity index (χ3v) is 4.34. The molecule has 136 valence electrons. The highest BCUT2D eigenvalue weighted by Crippen LogP contribution is 2.35. The molecule has 3 rings (SSSR count). The average Bonchev–Trinajstić information content (AvgIpc) is 2.67. The second-order valence-electron chi connectivity index (χ2n) is 6.04. The van der Waals surface area contributed by atoms with Gasteiger partial charge in [0.05, 0.1) is 7.11 Å². The summed E-state index contributed by atoms with van der Waals surface area (Å²) in [4.78, 5) is 31.3. The Morgan fingerprint density at radius 3 is 2.69 bits per heavy atom. The molecule has 7 heteroatoms. The number of amides is 2. The number of carbonyl (C=O) groups is 2. The van der Waals surface area contributed by atoms with Gasteiger partial charge in [-0.15, -0.1) is 0 Å². The lowest BCUT2D eigenvalue weighted by Crippen LogP contribution is -2.62. The highest BCUT2D eigenvalue weighted by Gasteiger charge is 2.50. The van der Waals surface area contributed by atoms with E-state index in [9.17, 15) is 9.59 Å². The van der Waals surface area contributed by atoms with Crippen LogP contribution in [0.15, 0.2) is 42.6 Å². The first-order valence-electron chi connectivity index (χ1n) is 8.37. The highest BCUT2D eigenvalue weighted by atomic mass is 16.5. The summed E-state index contributed by atoms with van der Waals surface area (Å²) in [6.07, 6.45) is 1.59. The Hall–Kier alpha value is -3.09. The molecule has 0 saturated heterocycles. The van der Waals surface area contributed by atoms with Gasteiger partial charge in [-0.1, -0.05) is 12.1 Å². The second kappa shape index (κ2) is 7.03. The molecule has 7 nitrogen and oxygen atoms in total. The molecule has 2 amide bonds. The monoisotopic (exact) mass is 355 g/mol. The number of fused-ring (bicyclic) bond motifs is 1. The van der Waals surface area contributed by atoms with Crippen LogP contribution in [0.25, 0.3) is 0 Å². The smallest absolute Gasteiger partial charge is 0.282 e. The van der Waals surface area contributed by atoms with Crippen LogP contribution in [0, 0.1) is 0 Å². The van der Waals surface area contributed by atoms with E-state index < -0.39 is 17.4 Å². The number of nitrogens with zero attached hydrogens (tertiary/aromatic N) is 2. The molecular formula is C19H21N3O4. The van der Waals surface area contributed by atoms with Crippen molar-refractivity contribution >= 4 is 17.6 Å². The zero-order valence-corrected chi connectivity index (χ0v) is 15.0. The number of rotatable bonds is 5. The van der Waals surface area contributed by atoms with Gasteiger partial charge in [-0.2, -0.15) is 0 Å². The molecule has 1 atom stereocenters. The van der Waals surface area contributed by atoms with E-state index in [4.69, 9.17) is 9.47 Å². The van der Waals surface area contributed by atoms with E-state index in [2.05, 4.69) is 10.3 Å². The first kappa shape index (κ1) is 17.7. The number of carbonyl (C=O) groups excluding carboxylic acids is 2. The third-order valence-electron chi connectivity index (χ3n) is 4.34. The number of pyridine rings is 1. The van der Waals surface area contributed by atoms with Crippen LogP contribution < -0.4 is 19.7 Å². The number of nitrogens with one attached hydrogen (secondary N) is 1. The summed E-state index contributed by atoms with van der Waals surface area (Å²) < 4.78 is 10.9. The van der Waals surface area contributed by atoms with E-state index in [1.165, 1.54) is 11.8 Å². The first-order valence-corrected chi connectivity index (χ1v) is 8.37. The Morgan fingerprint density at radius 2 is 2.04 bits per heavy atom. The lowest BCUT2D eigenvalue weighted by Gasteiger charge is -2.38. The zero-order valence-electron chi connectivity index (χ0n) is 15.0. The lowest BCUT2D eigenvalue weighted by molar-refractivity contribution is -0.148. The molecule has 0 fully saturated rings.